The largest absolute Gasteiger partial charge is 0.378 e. The monoisotopic (exact) mass is 486 g/mol. The summed E-state index contributed by atoms with van der Waals surface area (Å²) in [5.41, 5.74) is 3.28. The second kappa shape index (κ2) is 10.5. The van der Waals surface area contributed by atoms with Crippen molar-refractivity contribution in [2.24, 2.45) is 0 Å². The van der Waals surface area contributed by atoms with Gasteiger partial charge >= 0.3 is 0 Å². The van der Waals surface area contributed by atoms with Gasteiger partial charge in [-0.15, -0.1) is 5.10 Å². The van der Waals surface area contributed by atoms with Crippen LogP contribution in [0.3, 0.4) is 0 Å². The first kappa shape index (κ1) is 23.4. The molecule has 184 valence electrons. The van der Waals surface area contributed by atoms with E-state index in [9.17, 15) is 14.4 Å². The van der Waals surface area contributed by atoms with E-state index in [4.69, 9.17) is 4.74 Å². The Kier molecular flexibility index (Phi) is 6.85. The van der Waals surface area contributed by atoms with Crippen LogP contribution in [0, 0.1) is 0 Å². The normalized spacial score (nSPS) is 15.1. The van der Waals surface area contributed by atoms with E-state index in [0.29, 0.717) is 42.3 Å². The predicted molar refractivity (Wildman–Crippen MR) is 134 cm³/mol. The lowest BCUT2D eigenvalue weighted by molar-refractivity contribution is -0.116. The van der Waals surface area contributed by atoms with Crippen LogP contribution in [0.4, 0.5) is 22.9 Å². The molecule has 3 amide bonds. The highest BCUT2D eigenvalue weighted by Gasteiger charge is 2.34. The number of carbonyl (C=O) groups excluding carboxylic acids is 3. The number of morpholine rings is 1. The summed E-state index contributed by atoms with van der Waals surface area (Å²) in [6.07, 6.45) is 2.32. The molecule has 5 rings (SSSR count). The SMILES string of the molecule is O=C(CCCN1C(=O)c2ccccc2C1=O)Nc1ccc(Nc2cc(N3CCOCC3)cnn2)cc1. The fourth-order valence-electron chi connectivity index (χ4n) is 4.26. The average molecular weight is 487 g/mol. The maximum atomic E-state index is 12.4. The Labute approximate surface area is 208 Å². The molecule has 2 N–H and O–H groups in total. The number of amides is 3. The fraction of sp³-hybridized carbons (Fsp3) is 0.269. The third kappa shape index (κ3) is 5.18. The van der Waals surface area contributed by atoms with Crippen LogP contribution in [0.15, 0.2) is 60.8 Å². The van der Waals surface area contributed by atoms with Gasteiger partial charge in [-0.2, -0.15) is 5.10 Å². The highest BCUT2D eigenvalue weighted by Crippen LogP contribution is 2.24. The molecule has 0 atom stereocenters. The molecule has 0 spiro atoms. The molecule has 3 aromatic rings. The summed E-state index contributed by atoms with van der Waals surface area (Å²) in [7, 11) is 0. The standard InChI is InChI=1S/C26H26N6O4/c33-24(6-3-11-32-25(34)21-4-1-2-5-22(21)26(32)35)29-19-9-7-18(8-10-19)28-23-16-20(17-27-30-23)31-12-14-36-15-13-31/h1-2,4-5,7-10,16-17H,3,6,11-15H2,(H,28,30)(H,29,33). The molecule has 0 bridgehead atoms. The molecular weight excluding hydrogens is 460 g/mol. The van der Waals surface area contributed by atoms with E-state index in [0.717, 1.165) is 24.5 Å². The van der Waals surface area contributed by atoms with E-state index >= 15 is 0 Å². The summed E-state index contributed by atoms with van der Waals surface area (Å²) in [5, 5.41) is 14.3. The maximum Gasteiger partial charge on any atom is 0.261 e. The van der Waals surface area contributed by atoms with Crippen molar-refractivity contribution in [2.75, 3.05) is 48.4 Å². The lowest BCUT2D eigenvalue weighted by Crippen LogP contribution is -2.36. The van der Waals surface area contributed by atoms with Crippen LogP contribution in [-0.2, 0) is 9.53 Å². The summed E-state index contributed by atoms with van der Waals surface area (Å²) >= 11 is 0. The Morgan fingerprint density at radius 1 is 0.944 bits per heavy atom. The van der Waals surface area contributed by atoms with E-state index in [1.54, 1.807) is 42.6 Å². The number of carbonyl (C=O) groups is 3. The van der Waals surface area contributed by atoms with Gasteiger partial charge in [0.1, 0.15) is 0 Å². The summed E-state index contributed by atoms with van der Waals surface area (Å²) in [6, 6.07) is 16.0. The van der Waals surface area contributed by atoms with Crippen molar-refractivity contribution < 1.29 is 19.1 Å². The number of nitrogens with zero attached hydrogens (tertiary/aromatic N) is 4. The van der Waals surface area contributed by atoms with Crippen LogP contribution >= 0.6 is 0 Å². The Morgan fingerprint density at radius 2 is 1.61 bits per heavy atom. The zero-order valence-corrected chi connectivity index (χ0v) is 19.6. The van der Waals surface area contributed by atoms with E-state index in [-0.39, 0.29) is 30.7 Å². The van der Waals surface area contributed by atoms with Crippen LogP contribution in [0.1, 0.15) is 33.6 Å². The quantitative estimate of drug-likeness (QED) is 0.467. The van der Waals surface area contributed by atoms with Gasteiger partial charge in [-0.05, 0) is 42.8 Å². The third-order valence-corrected chi connectivity index (χ3v) is 6.12. The molecule has 0 saturated carbocycles. The van der Waals surface area contributed by atoms with E-state index in [2.05, 4.69) is 25.7 Å². The predicted octanol–water partition coefficient (Wildman–Crippen LogP) is 3.07. The maximum absolute atomic E-state index is 12.4. The van der Waals surface area contributed by atoms with E-state index in [1.807, 2.05) is 18.2 Å². The van der Waals surface area contributed by atoms with E-state index < -0.39 is 0 Å². The Hall–Kier alpha value is -4.31. The minimum absolute atomic E-state index is 0.184. The van der Waals surface area contributed by atoms with Crippen LogP contribution in [0.5, 0.6) is 0 Å². The number of nitrogens with one attached hydrogen (secondary N) is 2. The molecule has 1 aromatic heterocycles. The molecule has 2 aliphatic heterocycles. The first-order chi connectivity index (χ1) is 17.6. The number of benzene rings is 2. The summed E-state index contributed by atoms with van der Waals surface area (Å²) < 4.78 is 5.40. The van der Waals surface area contributed by atoms with Crippen LogP contribution in [0.25, 0.3) is 0 Å². The minimum atomic E-state index is -0.306. The topological polar surface area (TPSA) is 117 Å². The minimum Gasteiger partial charge on any atom is -0.378 e. The smallest absolute Gasteiger partial charge is 0.261 e. The molecule has 0 aliphatic carbocycles. The number of anilines is 4. The summed E-state index contributed by atoms with van der Waals surface area (Å²) in [4.78, 5) is 40.6. The van der Waals surface area contributed by atoms with Gasteiger partial charge in [-0.1, -0.05) is 12.1 Å². The van der Waals surface area contributed by atoms with Crippen molar-refractivity contribution in [2.45, 2.75) is 12.8 Å². The highest BCUT2D eigenvalue weighted by atomic mass is 16.5. The lowest BCUT2D eigenvalue weighted by atomic mass is 10.1. The van der Waals surface area contributed by atoms with Gasteiger partial charge in [0.15, 0.2) is 5.82 Å². The molecule has 10 heteroatoms. The molecule has 10 nitrogen and oxygen atoms in total. The van der Waals surface area contributed by atoms with Gasteiger partial charge < -0.3 is 20.3 Å². The number of hydrogen-bond acceptors (Lipinski definition) is 8. The van der Waals surface area contributed by atoms with Crippen molar-refractivity contribution in [1.82, 2.24) is 15.1 Å². The van der Waals surface area contributed by atoms with Gasteiger partial charge in [-0.25, -0.2) is 0 Å². The second-order valence-corrected chi connectivity index (χ2v) is 8.56. The van der Waals surface area contributed by atoms with Crippen molar-refractivity contribution in [1.29, 1.82) is 0 Å². The zero-order chi connectivity index (χ0) is 24.9. The van der Waals surface area contributed by atoms with Gasteiger partial charge in [0.05, 0.1) is 36.2 Å². The molecule has 1 saturated heterocycles. The second-order valence-electron chi connectivity index (χ2n) is 8.56. The zero-order valence-electron chi connectivity index (χ0n) is 19.6. The first-order valence-electron chi connectivity index (χ1n) is 11.9. The molecule has 36 heavy (non-hydrogen) atoms. The number of rotatable bonds is 8. The lowest BCUT2D eigenvalue weighted by Gasteiger charge is -2.28. The van der Waals surface area contributed by atoms with E-state index in [1.165, 1.54) is 4.90 Å². The first-order valence-corrected chi connectivity index (χ1v) is 11.9. The average Bonchev–Trinajstić information content (AvgIpc) is 3.15. The Bertz CT molecular complexity index is 1240. The number of aromatic nitrogens is 2. The van der Waals surface area contributed by atoms with Crippen molar-refractivity contribution >= 4 is 40.6 Å². The van der Waals surface area contributed by atoms with Crippen LogP contribution in [-0.4, -0.2) is 65.7 Å². The highest BCUT2D eigenvalue weighted by molar-refractivity contribution is 6.21. The number of hydrogen-bond donors (Lipinski definition) is 2. The summed E-state index contributed by atoms with van der Waals surface area (Å²) in [6.45, 7) is 3.23. The van der Waals surface area contributed by atoms with Gasteiger partial charge in [0.2, 0.25) is 5.91 Å². The van der Waals surface area contributed by atoms with Crippen LogP contribution < -0.4 is 15.5 Å². The molecule has 3 heterocycles. The number of fused-ring (bicyclic) bond motifs is 1. The molecule has 0 unspecified atom stereocenters. The van der Waals surface area contributed by atoms with Crippen LogP contribution in [0.2, 0.25) is 0 Å². The molecule has 2 aromatic carbocycles. The van der Waals surface area contributed by atoms with Gasteiger partial charge in [0, 0.05) is 43.5 Å². The molecule has 2 aliphatic rings. The Balaban J connectivity index is 1.10. The number of ether oxygens (including phenoxy) is 1. The van der Waals surface area contributed by atoms with Gasteiger partial charge in [0.25, 0.3) is 11.8 Å². The Morgan fingerprint density at radius 3 is 2.31 bits per heavy atom. The van der Waals surface area contributed by atoms with Crippen molar-refractivity contribution in [3.8, 4) is 0 Å². The van der Waals surface area contributed by atoms with Crippen molar-refractivity contribution in [3.63, 3.8) is 0 Å². The molecule has 1 fully saturated rings. The third-order valence-electron chi connectivity index (χ3n) is 6.12. The number of imide groups is 1. The molecular formula is C26H26N6O4. The summed E-state index contributed by atoms with van der Waals surface area (Å²) in [5.74, 6) is -0.168. The van der Waals surface area contributed by atoms with Gasteiger partial charge in [-0.3, -0.25) is 19.3 Å². The fourth-order valence-corrected chi connectivity index (χ4v) is 4.26. The molecule has 0 radical (unpaired) electrons. The van der Waals surface area contributed by atoms with Crippen molar-refractivity contribution in [3.05, 3.63) is 71.9 Å².